The zero-order chi connectivity index (χ0) is 24.3. The Bertz CT molecular complexity index is 423. The van der Waals surface area contributed by atoms with Gasteiger partial charge in [0.2, 0.25) is 0 Å². The van der Waals surface area contributed by atoms with Crippen molar-refractivity contribution in [3.05, 3.63) is 0 Å². The van der Waals surface area contributed by atoms with Gasteiger partial charge >= 0.3 is 8.80 Å². The number of halogens is 1. The Morgan fingerprint density at radius 3 is 1.25 bits per heavy atom. The SMILES string of the molecule is CCCCCCCCCCCCCCCCCCC(N)(Cl)C(C)(C)C[Si](OC)(OC)OC. The molecule has 0 spiro atoms. The maximum absolute atomic E-state index is 6.80. The normalized spacial score (nSPS) is 14.6. The van der Waals surface area contributed by atoms with E-state index in [0.717, 1.165) is 12.8 Å². The second-order valence-corrected chi connectivity index (χ2v) is 13.9. The van der Waals surface area contributed by atoms with E-state index in [9.17, 15) is 0 Å². The fourth-order valence-corrected chi connectivity index (χ4v) is 7.07. The molecule has 0 aliphatic heterocycles. The van der Waals surface area contributed by atoms with Crippen LogP contribution < -0.4 is 5.73 Å². The Morgan fingerprint density at radius 2 is 0.938 bits per heavy atom. The number of hydrogen-bond acceptors (Lipinski definition) is 4. The third-order valence-electron chi connectivity index (χ3n) is 7.11. The van der Waals surface area contributed by atoms with Crippen molar-refractivity contribution in [1.29, 1.82) is 0 Å². The van der Waals surface area contributed by atoms with E-state index in [4.69, 9.17) is 30.6 Å². The van der Waals surface area contributed by atoms with Crippen LogP contribution in [0.15, 0.2) is 0 Å². The van der Waals surface area contributed by atoms with Crippen molar-refractivity contribution < 1.29 is 13.3 Å². The van der Waals surface area contributed by atoms with Crippen molar-refractivity contribution >= 4 is 20.4 Å². The van der Waals surface area contributed by atoms with Crippen molar-refractivity contribution in [2.75, 3.05) is 21.3 Å². The summed E-state index contributed by atoms with van der Waals surface area (Å²) in [4.78, 5) is -0.795. The molecule has 6 heteroatoms. The molecule has 0 fully saturated rings. The Morgan fingerprint density at radius 1 is 0.625 bits per heavy atom. The van der Waals surface area contributed by atoms with E-state index in [1.54, 1.807) is 21.3 Å². The lowest BCUT2D eigenvalue weighted by atomic mass is 9.83. The van der Waals surface area contributed by atoms with Gasteiger partial charge in [-0.05, 0) is 6.42 Å². The lowest BCUT2D eigenvalue weighted by molar-refractivity contribution is 0.100. The maximum Gasteiger partial charge on any atom is 0.500 e. The molecule has 0 radical (unpaired) electrons. The predicted molar refractivity (Wildman–Crippen MR) is 142 cm³/mol. The number of hydrogen-bond donors (Lipinski definition) is 1. The molecule has 1 unspecified atom stereocenters. The van der Waals surface area contributed by atoms with Crippen LogP contribution in [0.4, 0.5) is 0 Å². The molecule has 2 N–H and O–H groups in total. The van der Waals surface area contributed by atoms with Crippen molar-refractivity contribution in [3.8, 4) is 0 Å². The summed E-state index contributed by atoms with van der Waals surface area (Å²) in [6.45, 7) is 6.46. The van der Waals surface area contributed by atoms with Crippen LogP contribution in [0.1, 0.15) is 130 Å². The molecule has 0 amide bonds. The predicted octanol–water partition coefficient (Wildman–Crippen LogP) is 8.44. The average molecular weight is 494 g/mol. The molecule has 0 saturated heterocycles. The average Bonchev–Trinajstić information content (AvgIpc) is 2.77. The van der Waals surface area contributed by atoms with Gasteiger partial charge in [0.05, 0.1) is 5.00 Å². The fraction of sp³-hybridized carbons (Fsp3) is 1.00. The van der Waals surface area contributed by atoms with Gasteiger partial charge in [0.1, 0.15) is 0 Å². The summed E-state index contributed by atoms with van der Waals surface area (Å²) in [5.74, 6) is 0. The molecule has 0 heterocycles. The van der Waals surface area contributed by atoms with Crippen molar-refractivity contribution in [2.24, 2.45) is 11.1 Å². The standard InChI is InChI=1S/C26H56ClNO3Si/c1-7-8-9-10-11-12-13-14-15-16-17-18-19-20-21-22-23-26(27,28)25(2,3)24-32(29-4,30-5)31-6/h7-24,28H2,1-6H3. The molecule has 0 saturated carbocycles. The van der Waals surface area contributed by atoms with Gasteiger partial charge in [-0.15, -0.1) is 11.6 Å². The van der Waals surface area contributed by atoms with Crippen LogP contribution in [0.25, 0.3) is 0 Å². The minimum absolute atomic E-state index is 0.349. The lowest BCUT2D eigenvalue weighted by Crippen LogP contribution is -2.55. The first-order chi connectivity index (χ1) is 15.2. The van der Waals surface area contributed by atoms with Gasteiger partial charge in [-0.3, -0.25) is 0 Å². The summed E-state index contributed by atoms with van der Waals surface area (Å²) >= 11 is 6.80. The van der Waals surface area contributed by atoms with Crippen LogP contribution >= 0.6 is 11.6 Å². The molecular formula is C26H56ClNO3Si. The van der Waals surface area contributed by atoms with Gasteiger partial charge < -0.3 is 19.0 Å². The van der Waals surface area contributed by atoms with Gasteiger partial charge in [-0.1, -0.05) is 124 Å². The molecule has 0 aliphatic carbocycles. The molecule has 0 rings (SSSR count). The lowest BCUT2D eigenvalue weighted by Gasteiger charge is -2.42. The van der Waals surface area contributed by atoms with E-state index in [1.807, 2.05) is 0 Å². The number of alkyl halides is 1. The minimum Gasteiger partial charge on any atom is -0.377 e. The molecule has 4 nitrogen and oxygen atoms in total. The Balaban J connectivity index is 3.78. The van der Waals surface area contributed by atoms with Crippen LogP contribution in [-0.2, 0) is 13.3 Å². The summed E-state index contributed by atoms with van der Waals surface area (Å²) < 4.78 is 16.7. The molecule has 1 atom stereocenters. The highest BCUT2D eigenvalue weighted by Crippen LogP contribution is 2.43. The van der Waals surface area contributed by atoms with E-state index >= 15 is 0 Å². The monoisotopic (exact) mass is 493 g/mol. The van der Waals surface area contributed by atoms with E-state index in [1.165, 1.54) is 96.3 Å². The second kappa shape index (κ2) is 18.6. The molecule has 0 aliphatic rings. The third-order valence-corrected chi connectivity index (χ3v) is 11.0. The summed E-state index contributed by atoms with van der Waals surface area (Å²) in [5, 5.41) is 0. The quantitative estimate of drug-likeness (QED) is 0.0671. The first kappa shape index (κ1) is 32.3. The van der Waals surface area contributed by atoms with Crippen molar-refractivity contribution in [1.82, 2.24) is 0 Å². The highest BCUT2D eigenvalue weighted by atomic mass is 35.5. The molecule has 0 bridgehead atoms. The highest BCUT2D eigenvalue weighted by Gasteiger charge is 2.50. The van der Waals surface area contributed by atoms with Crippen molar-refractivity contribution in [3.63, 3.8) is 0 Å². The smallest absolute Gasteiger partial charge is 0.377 e. The van der Waals surface area contributed by atoms with E-state index in [2.05, 4.69) is 20.8 Å². The van der Waals surface area contributed by atoms with Gasteiger partial charge in [-0.2, -0.15) is 0 Å². The van der Waals surface area contributed by atoms with Crippen LogP contribution in [0.5, 0.6) is 0 Å². The number of rotatable bonds is 23. The van der Waals surface area contributed by atoms with Crippen LogP contribution in [0.3, 0.4) is 0 Å². The summed E-state index contributed by atoms with van der Waals surface area (Å²) in [7, 11) is 2.19. The topological polar surface area (TPSA) is 53.7 Å². The Labute approximate surface area is 207 Å². The van der Waals surface area contributed by atoms with Crippen LogP contribution in [-0.4, -0.2) is 35.1 Å². The summed E-state index contributed by atoms with van der Waals surface area (Å²) in [5.41, 5.74) is 6.20. The fourth-order valence-electron chi connectivity index (χ4n) is 4.42. The molecule has 0 aromatic heterocycles. The van der Waals surface area contributed by atoms with E-state index < -0.39 is 13.8 Å². The molecule has 194 valence electrons. The molecular weight excluding hydrogens is 438 g/mol. The van der Waals surface area contributed by atoms with Gasteiger partial charge in [-0.25, -0.2) is 0 Å². The first-order valence-electron chi connectivity index (χ1n) is 13.3. The van der Waals surface area contributed by atoms with Gasteiger partial charge in [0, 0.05) is 32.8 Å². The zero-order valence-electron chi connectivity index (χ0n) is 22.4. The number of unbranched alkanes of at least 4 members (excludes halogenated alkanes) is 15. The van der Waals surface area contributed by atoms with E-state index in [-0.39, 0.29) is 5.41 Å². The molecule has 0 aromatic rings. The minimum atomic E-state index is -2.72. The molecule has 0 aromatic carbocycles. The largest absolute Gasteiger partial charge is 0.500 e. The zero-order valence-corrected chi connectivity index (χ0v) is 24.2. The Kier molecular flexibility index (Phi) is 18.8. The highest BCUT2D eigenvalue weighted by molar-refractivity contribution is 6.60. The Hall–Kier alpha value is 0.347. The number of nitrogens with two attached hydrogens (primary N) is 1. The second-order valence-electron chi connectivity index (χ2n) is 10.3. The van der Waals surface area contributed by atoms with Crippen LogP contribution in [0.2, 0.25) is 6.04 Å². The van der Waals surface area contributed by atoms with E-state index in [0.29, 0.717) is 6.04 Å². The van der Waals surface area contributed by atoms with Gasteiger partial charge in [0.15, 0.2) is 0 Å². The maximum atomic E-state index is 6.80. The molecule has 32 heavy (non-hydrogen) atoms. The van der Waals surface area contributed by atoms with Crippen molar-refractivity contribution in [2.45, 2.75) is 141 Å². The van der Waals surface area contributed by atoms with Crippen LogP contribution in [0, 0.1) is 5.41 Å². The summed E-state index contributed by atoms with van der Waals surface area (Å²) in [6, 6.07) is 0.600. The third kappa shape index (κ3) is 13.9. The van der Waals surface area contributed by atoms with Gasteiger partial charge in [0.25, 0.3) is 0 Å². The first-order valence-corrected chi connectivity index (χ1v) is 15.6. The summed E-state index contributed by atoms with van der Waals surface area (Å²) in [6.07, 6.45) is 22.6.